The molecule has 0 saturated heterocycles. The molecule has 5 heteroatoms. The lowest BCUT2D eigenvalue weighted by molar-refractivity contribution is 0.0945. The van der Waals surface area contributed by atoms with Gasteiger partial charge in [-0.2, -0.15) is 0 Å². The summed E-state index contributed by atoms with van der Waals surface area (Å²) in [6.45, 7) is 0.207. The predicted molar refractivity (Wildman–Crippen MR) is 93.9 cm³/mol. The highest BCUT2D eigenvalue weighted by molar-refractivity contribution is 5.95. The molecule has 2 aromatic rings. The Hall–Kier alpha value is -2.40. The third-order valence-corrected chi connectivity index (χ3v) is 4.22. The Morgan fingerprint density at radius 1 is 1.25 bits per heavy atom. The van der Waals surface area contributed by atoms with Gasteiger partial charge in [-0.1, -0.05) is 12.1 Å². The number of hydrogen-bond donors (Lipinski definition) is 3. The summed E-state index contributed by atoms with van der Waals surface area (Å²) in [6, 6.07) is 13.8. The molecule has 1 aliphatic rings. The van der Waals surface area contributed by atoms with Crippen molar-refractivity contribution in [3.63, 3.8) is 0 Å². The van der Waals surface area contributed by atoms with Crippen molar-refractivity contribution in [3.8, 4) is 0 Å². The van der Waals surface area contributed by atoms with Crippen LogP contribution < -0.4 is 10.6 Å². The van der Waals surface area contributed by atoms with Crippen LogP contribution in [-0.2, 0) is 6.42 Å². The maximum Gasteiger partial charge on any atom is 0.251 e. The Labute approximate surface area is 142 Å². The summed E-state index contributed by atoms with van der Waals surface area (Å²) in [4.78, 5) is 16.4. The molecule has 0 aliphatic heterocycles. The van der Waals surface area contributed by atoms with Crippen LogP contribution in [0.3, 0.4) is 0 Å². The SMILES string of the molecule is O=C(NCCO)c1cccc(NC(Cc2ccccn2)C2CC2)c1. The third kappa shape index (κ3) is 4.55. The quantitative estimate of drug-likeness (QED) is 0.696. The number of carbonyl (C=O) groups is 1. The van der Waals surface area contributed by atoms with Gasteiger partial charge in [-0.05, 0) is 49.1 Å². The van der Waals surface area contributed by atoms with Crippen LogP contribution in [0, 0.1) is 5.92 Å². The lowest BCUT2D eigenvalue weighted by Gasteiger charge is -2.20. The molecule has 0 radical (unpaired) electrons. The average molecular weight is 325 g/mol. The van der Waals surface area contributed by atoms with Gasteiger partial charge >= 0.3 is 0 Å². The predicted octanol–water partition coefficient (Wildman–Crippen LogP) is 2.24. The van der Waals surface area contributed by atoms with E-state index in [-0.39, 0.29) is 19.1 Å². The summed E-state index contributed by atoms with van der Waals surface area (Å²) in [5, 5.41) is 15.1. The number of benzene rings is 1. The van der Waals surface area contributed by atoms with Gasteiger partial charge in [0.15, 0.2) is 0 Å². The molecule has 1 atom stereocenters. The van der Waals surface area contributed by atoms with Gasteiger partial charge < -0.3 is 15.7 Å². The molecular formula is C19H23N3O2. The lowest BCUT2D eigenvalue weighted by atomic mass is 10.0. The molecule has 1 fully saturated rings. The zero-order chi connectivity index (χ0) is 16.8. The van der Waals surface area contributed by atoms with Crippen molar-refractivity contribution in [2.75, 3.05) is 18.5 Å². The number of anilines is 1. The molecule has 0 bridgehead atoms. The molecule has 1 aromatic carbocycles. The zero-order valence-corrected chi connectivity index (χ0v) is 13.6. The van der Waals surface area contributed by atoms with Crippen molar-refractivity contribution in [2.45, 2.75) is 25.3 Å². The molecule has 1 unspecified atom stereocenters. The first kappa shape index (κ1) is 16.5. The fourth-order valence-corrected chi connectivity index (χ4v) is 2.81. The van der Waals surface area contributed by atoms with Crippen molar-refractivity contribution in [2.24, 2.45) is 5.92 Å². The smallest absolute Gasteiger partial charge is 0.251 e. The Kier molecular flexibility index (Phi) is 5.43. The van der Waals surface area contributed by atoms with Gasteiger partial charge in [0.1, 0.15) is 0 Å². The fraction of sp³-hybridized carbons (Fsp3) is 0.368. The van der Waals surface area contributed by atoms with Crippen molar-refractivity contribution in [1.82, 2.24) is 10.3 Å². The van der Waals surface area contributed by atoms with E-state index >= 15 is 0 Å². The van der Waals surface area contributed by atoms with Crippen molar-refractivity contribution in [3.05, 3.63) is 59.9 Å². The van der Waals surface area contributed by atoms with Crippen molar-refractivity contribution >= 4 is 11.6 Å². The first-order valence-corrected chi connectivity index (χ1v) is 8.42. The zero-order valence-electron chi connectivity index (χ0n) is 13.6. The number of pyridine rings is 1. The Bertz CT molecular complexity index is 671. The van der Waals surface area contributed by atoms with Crippen molar-refractivity contribution < 1.29 is 9.90 Å². The van der Waals surface area contributed by atoms with E-state index in [9.17, 15) is 4.79 Å². The largest absolute Gasteiger partial charge is 0.395 e. The van der Waals surface area contributed by atoms with Gasteiger partial charge in [0.2, 0.25) is 0 Å². The molecule has 3 N–H and O–H groups in total. The van der Waals surface area contributed by atoms with Gasteiger partial charge in [0, 0.05) is 42.1 Å². The Morgan fingerprint density at radius 2 is 2.12 bits per heavy atom. The molecule has 1 aliphatic carbocycles. The van der Waals surface area contributed by atoms with E-state index in [1.807, 2.05) is 36.5 Å². The van der Waals surface area contributed by atoms with Gasteiger partial charge in [-0.25, -0.2) is 0 Å². The number of rotatable bonds is 8. The van der Waals surface area contributed by atoms with E-state index < -0.39 is 0 Å². The normalized spacial score (nSPS) is 14.9. The first-order chi connectivity index (χ1) is 11.8. The molecule has 1 saturated carbocycles. The summed E-state index contributed by atoms with van der Waals surface area (Å²) in [7, 11) is 0. The number of hydrogen-bond acceptors (Lipinski definition) is 4. The topological polar surface area (TPSA) is 74.2 Å². The minimum atomic E-state index is -0.166. The number of amides is 1. The second-order valence-corrected chi connectivity index (χ2v) is 6.17. The van der Waals surface area contributed by atoms with Gasteiger partial charge in [-0.3, -0.25) is 9.78 Å². The first-order valence-electron chi connectivity index (χ1n) is 8.42. The number of carbonyl (C=O) groups excluding carboxylic acids is 1. The van der Waals surface area contributed by atoms with Crippen LogP contribution in [0.25, 0.3) is 0 Å². The highest BCUT2D eigenvalue weighted by Gasteiger charge is 2.31. The van der Waals surface area contributed by atoms with Crippen LogP contribution in [0.5, 0.6) is 0 Å². The van der Waals surface area contributed by atoms with Crippen LogP contribution in [-0.4, -0.2) is 35.2 Å². The second-order valence-electron chi connectivity index (χ2n) is 6.17. The number of nitrogens with one attached hydrogen (secondary N) is 2. The summed E-state index contributed by atoms with van der Waals surface area (Å²) >= 11 is 0. The Balaban J connectivity index is 1.67. The summed E-state index contributed by atoms with van der Waals surface area (Å²) in [5.74, 6) is 0.499. The molecule has 126 valence electrons. The van der Waals surface area contributed by atoms with Gasteiger partial charge in [0.05, 0.1) is 6.61 Å². The fourth-order valence-electron chi connectivity index (χ4n) is 2.81. The van der Waals surface area contributed by atoms with E-state index in [0.29, 0.717) is 17.5 Å². The molecule has 1 heterocycles. The summed E-state index contributed by atoms with van der Waals surface area (Å²) < 4.78 is 0. The van der Waals surface area contributed by atoms with Gasteiger partial charge in [-0.15, -0.1) is 0 Å². The van der Waals surface area contributed by atoms with E-state index in [0.717, 1.165) is 17.8 Å². The molecule has 24 heavy (non-hydrogen) atoms. The highest BCUT2D eigenvalue weighted by atomic mass is 16.3. The van der Waals surface area contributed by atoms with E-state index in [2.05, 4.69) is 21.7 Å². The monoisotopic (exact) mass is 325 g/mol. The Morgan fingerprint density at radius 3 is 2.83 bits per heavy atom. The molecule has 0 spiro atoms. The molecule has 3 rings (SSSR count). The molecule has 1 aromatic heterocycles. The van der Waals surface area contributed by atoms with Gasteiger partial charge in [0.25, 0.3) is 5.91 Å². The minimum absolute atomic E-state index is 0.0580. The third-order valence-electron chi connectivity index (χ3n) is 4.22. The maximum atomic E-state index is 12.0. The number of aromatic nitrogens is 1. The van der Waals surface area contributed by atoms with Crippen LogP contribution in [0.4, 0.5) is 5.69 Å². The summed E-state index contributed by atoms with van der Waals surface area (Å²) in [6.07, 6.45) is 5.18. The second kappa shape index (κ2) is 7.93. The van der Waals surface area contributed by atoms with E-state index in [4.69, 9.17) is 5.11 Å². The number of aliphatic hydroxyl groups is 1. The lowest BCUT2D eigenvalue weighted by Crippen LogP contribution is -2.27. The van der Waals surface area contributed by atoms with Crippen LogP contribution in [0.15, 0.2) is 48.7 Å². The highest BCUT2D eigenvalue weighted by Crippen LogP contribution is 2.35. The number of aliphatic hydroxyl groups excluding tert-OH is 1. The molecule has 5 nitrogen and oxygen atoms in total. The molecule has 1 amide bonds. The van der Waals surface area contributed by atoms with Crippen LogP contribution in [0.1, 0.15) is 28.9 Å². The minimum Gasteiger partial charge on any atom is -0.395 e. The molecular weight excluding hydrogens is 302 g/mol. The van der Waals surface area contributed by atoms with Crippen LogP contribution in [0.2, 0.25) is 0 Å². The maximum absolute atomic E-state index is 12.0. The van der Waals surface area contributed by atoms with E-state index in [1.54, 1.807) is 6.07 Å². The van der Waals surface area contributed by atoms with Crippen LogP contribution >= 0.6 is 0 Å². The number of nitrogens with zero attached hydrogens (tertiary/aromatic N) is 1. The van der Waals surface area contributed by atoms with E-state index in [1.165, 1.54) is 12.8 Å². The standard InChI is InChI=1S/C19H23N3O2/c23-11-10-21-19(24)15-4-3-6-17(12-15)22-18(14-7-8-14)13-16-5-1-2-9-20-16/h1-6,9,12,14,18,22-23H,7-8,10-11,13H2,(H,21,24). The van der Waals surface area contributed by atoms with Crippen molar-refractivity contribution in [1.29, 1.82) is 0 Å². The average Bonchev–Trinajstić information content (AvgIpc) is 3.45. The summed E-state index contributed by atoms with van der Waals surface area (Å²) in [5.41, 5.74) is 2.62.